The van der Waals surface area contributed by atoms with Crippen molar-refractivity contribution in [2.75, 3.05) is 9.80 Å². The smallest absolute Gasteiger partial charge is 0.241 e. The summed E-state index contributed by atoms with van der Waals surface area (Å²) in [7, 11) is 0. The summed E-state index contributed by atoms with van der Waals surface area (Å²) in [4.78, 5) is 64.3. The Morgan fingerprint density at radius 3 is 2.27 bits per heavy atom. The second kappa shape index (κ2) is 10.6. The van der Waals surface area contributed by atoms with Gasteiger partial charge in [0.05, 0.1) is 34.5 Å². The Morgan fingerprint density at radius 1 is 0.776 bits per heavy atom. The van der Waals surface area contributed by atoms with Crippen LogP contribution in [0.3, 0.4) is 0 Å². The van der Waals surface area contributed by atoms with Crippen LogP contribution in [0.2, 0.25) is 0 Å². The van der Waals surface area contributed by atoms with Crippen molar-refractivity contribution in [1.29, 1.82) is 0 Å². The molecule has 2 saturated heterocycles. The first-order chi connectivity index (χ1) is 23.8. The number of allylic oxidation sites excluding steroid dienone is 2. The highest BCUT2D eigenvalue weighted by Crippen LogP contribution is 2.63. The molecule has 4 amide bonds. The first kappa shape index (κ1) is 29.3. The highest BCUT2D eigenvalue weighted by Gasteiger charge is 2.67. The molecule has 3 fully saturated rings. The lowest BCUT2D eigenvalue weighted by molar-refractivity contribution is -0.131. The number of hydrogen-bond donors (Lipinski definition) is 1. The molecule has 1 N–H and O–H groups in total. The molecule has 6 unspecified atom stereocenters. The van der Waals surface area contributed by atoms with Crippen LogP contribution in [0.1, 0.15) is 31.2 Å². The lowest BCUT2D eigenvalue weighted by atomic mass is 9.51. The number of rotatable bonds is 4. The van der Waals surface area contributed by atoms with Crippen LogP contribution in [0.4, 0.5) is 11.4 Å². The van der Waals surface area contributed by atoms with Gasteiger partial charge in [-0.15, -0.1) is 0 Å². The number of carbonyl (C=O) groups excluding carboxylic acids is 4. The minimum Gasteiger partial charge on any atom is -0.508 e. The summed E-state index contributed by atoms with van der Waals surface area (Å²) < 4.78 is 5.91. The zero-order chi connectivity index (χ0) is 33.6. The molecule has 0 radical (unpaired) electrons. The zero-order valence-electron chi connectivity index (χ0n) is 26.5. The molecule has 0 bridgehead atoms. The molecule has 2 aliphatic carbocycles. The summed E-state index contributed by atoms with van der Waals surface area (Å²) in [5, 5.41) is 10.5. The molecule has 0 spiro atoms. The lowest BCUT2D eigenvalue weighted by Gasteiger charge is -2.49. The number of carbonyl (C=O) groups is 4. The molecule has 1 aromatic heterocycles. The third kappa shape index (κ3) is 4.14. The minimum absolute atomic E-state index is 0.0466. The minimum atomic E-state index is -1.16. The van der Waals surface area contributed by atoms with Gasteiger partial charge in [0.2, 0.25) is 29.5 Å². The molecule has 9 heteroatoms. The molecule has 4 aromatic carbocycles. The van der Waals surface area contributed by atoms with Crippen LogP contribution in [0, 0.1) is 29.1 Å². The number of oxazole rings is 1. The first-order valence-corrected chi connectivity index (χ1v) is 16.5. The van der Waals surface area contributed by atoms with Crippen LogP contribution in [0.15, 0.2) is 119 Å². The summed E-state index contributed by atoms with van der Waals surface area (Å²) >= 11 is 0. The van der Waals surface area contributed by atoms with Crippen molar-refractivity contribution >= 4 is 46.1 Å². The lowest BCUT2D eigenvalue weighted by Crippen LogP contribution is -2.48. The number of imide groups is 2. The van der Waals surface area contributed by atoms with Gasteiger partial charge in [0.15, 0.2) is 5.58 Å². The van der Waals surface area contributed by atoms with Crippen molar-refractivity contribution in [3.05, 3.63) is 120 Å². The largest absolute Gasteiger partial charge is 0.508 e. The van der Waals surface area contributed by atoms with Gasteiger partial charge < -0.3 is 9.52 Å². The van der Waals surface area contributed by atoms with Gasteiger partial charge in [-0.1, -0.05) is 54.1 Å². The van der Waals surface area contributed by atoms with E-state index in [4.69, 9.17) is 4.42 Å². The third-order valence-corrected chi connectivity index (χ3v) is 11.2. The Kier molecular flexibility index (Phi) is 6.33. The molecule has 3 heterocycles. The second-order valence-electron chi connectivity index (χ2n) is 13.6. The third-order valence-electron chi connectivity index (χ3n) is 11.2. The summed E-state index contributed by atoms with van der Waals surface area (Å²) in [5.41, 5.74) is 3.48. The van der Waals surface area contributed by atoms with Gasteiger partial charge in [-0.05, 0) is 91.9 Å². The number of para-hydroxylation sites is 3. The molecule has 5 aromatic rings. The zero-order valence-corrected chi connectivity index (χ0v) is 26.5. The average Bonchev–Trinajstić information content (AvgIpc) is 3.72. The molecule has 4 aliphatic rings. The fourth-order valence-corrected chi connectivity index (χ4v) is 8.93. The average molecular weight is 650 g/mol. The maximum Gasteiger partial charge on any atom is 0.241 e. The van der Waals surface area contributed by atoms with Crippen LogP contribution in [-0.2, 0) is 19.2 Å². The van der Waals surface area contributed by atoms with E-state index in [1.54, 1.807) is 66.7 Å². The standard InChI is InChI=1S/C40H31N3O6/c1-40-30(37(46)43(39(40)48)24-9-3-2-4-10-24)21-29-27(34(40)23-8-7-11-26(44)20-23)18-19-28-33(29)38(47)42(36(28)45)25-16-14-22(15-17-25)35-41-31-12-5-6-13-32(31)49-35/h2-18,20,28-30,33-34,44H,19,21H2,1H3. The van der Waals surface area contributed by atoms with E-state index in [2.05, 4.69) is 4.98 Å². The van der Waals surface area contributed by atoms with Crippen molar-refractivity contribution in [2.24, 2.45) is 29.1 Å². The number of anilines is 2. The van der Waals surface area contributed by atoms with E-state index in [-0.39, 0.29) is 35.8 Å². The Hall–Kier alpha value is -5.83. The monoisotopic (exact) mass is 649 g/mol. The number of benzene rings is 4. The fraction of sp³-hybridized carbons (Fsp3) is 0.225. The SMILES string of the molecule is CC12C(=O)N(c3ccccc3)C(=O)C1CC1C(=CCC3C(=O)N(c4ccc(-c5nc6ccccc6o5)cc4)C(=O)C31)C2c1cccc(O)c1. The van der Waals surface area contributed by atoms with Crippen molar-refractivity contribution in [1.82, 2.24) is 4.98 Å². The molecule has 1 saturated carbocycles. The Balaban J connectivity index is 1.09. The Morgan fingerprint density at radius 2 is 1.51 bits per heavy atom. The predicted octanol–water partition coefficient (Wildman–Crippen LogP) is 6.64. The van der Waals surface area contributed by atoms with Gasteiger partial charge >= 0.3 is 0 Å². The highest BCUT2D eigenvalue weighted by atomic mass is 16.3. The van der Waals surface area contributed by atoms with Crippen LogP contribution in [0.5, 0.6) is 5.75 Å². The van der Waals surface area contributed by atoms with Crippen LogP contribution < -0.4 is 9.80 Å². The van der Waals surface area contributed by atoms with Gasteiger partial charge in [-0.3, -0.25) is 24.1 Å². The van der Waals surface area contributed by atoms with E-state index in [9.17, 15) is 24.3 Å². The summed E-state index contributed by atoms with van der Waals surface area (Å²) in [6.45, 7) is 1.84. The molecule has 2 aliphatic heterocycles. The molecular formula is C40H31N3O6. The van der Waals surface area contributed by atoms with E-state index in [1.807, 2.05) is 49.4 Å². The maximum atomic E-state index is 14.5. The summed E-state index contributed by atoms with van der Waals surface area (Å²) in [5.74, 6) is -3.77. The normalized spacial score (nSPS) is 27.7. The Labute approximate surface area is 281 Å². The van der Waals surface area contributed by atoms with Crippen molar-refractivity contribution < 1.29 is 28.7 Å². The number of phenols is 1. The number of aromatic hydroxyl groups is 1. The number of aromatic nitrogens is 1. The quantitative estimate of drug-likeness (QED) is 0.171. The number of hydrogen-bond acceptors (Lipinski definition) is 7. The highest BCUT2D eigenvalue weighted by molar-refractivity contribution is 6.25. The van der Waals surface area contributed by atoms with E-state index in [0.29, 0.717) is 40.4 Å². The topological polar surface area (TPSA) is 121 Å². The van der Waals surface area contributed by atoms with Crippen LogP contribution in [-0.4, -0.2) is 33.7 Å². The van der Waals surface area contributed by atoms with Crippen LogP contribution in [0.25, 0.3) is 22.6 Å². The van der Waals surface area contributed by atoms with Crippen molar-refractivity contribution in [3.8, 4) is 17.2 Å². The number of amides is 4. The van der Waals surface area contributed by atoms with E-state index < -0.39 is 35.0 Å². The maximum absolute atomic E-state index is 14.5. The van der Waals surface area contributed by atoms with Crippen molar-refractivity contribution in [3.63, 3.8) is 0 Å². The van der Waals surface area contributed by atoms with Gasteiger partial charge in [0.1, 0.15) is 11.3 Å². The second-order valence-corrected chi connectivity index (χ2v) is 13.6. The molecule has 6 atom stereocenters. The van der Waals surface area contributed by atoms with Gasteiger partial charge in [-0.25, -0.2) is 9.88 Å². The van der Waals surface area contributed by atoms with E-state index in [1.165, 1.54) is 9.80 Å². The molecule has 242 valence electrons. The number of nitrogens with zero attached hydrogens (tertiary/aromatic N) is 3. The number of fused-ring (bicyclic) bond motifs is 5. The molecule has 9 rings (SSSR count). The number of phenolic OH excluding ortho intramolecular Hbond substituents is 1. The first-order valence-electron chi connectivity index (χ1n) is 16.5. The van der Waals surface area contributed by atoms with E-state index in [0.717, 1.165) is 11.1 Å². The van der Waals surface area contributed by atoms with Crippen LogP contribution >= 0.6 is 0 Å². The van der Waals surface area contributed by atoms with Crippen molar-refractivity contribution in [2.45, 2.75) is 25.7 Å². The van der Waals surface area contributed by atoms with Gasteiger partial charge in [-0.2, -0.15) is 0 Å². The fourth-order valence-electron chi connectivity index (χ4n) is 8.93. The molecular weight excluding hydrogens is 618 g/mol. The molecule has 9 nitrogen and oxygen atoms in total. The summed E-state index contributed by atoms with van der Waals surface area (Å²) in [6.07, 6.45) is 2.60. The Bertz CT molecular complexity index is 2210. The van der Waals surface area contributed by atoms with Gasteiger partial charge in [0, 0.05) is 11.5 Å². The predicted molar refractivity (Wildman–Crippen MR) is 181 cm³/mol. The summed E-state index contributed by atoms with van der Waals surface area (Å²) in [6, 6.07) is 30.2. The van der Waals surface area contributed by atoms with Gasteiger partial charge in [0.25, 0.3) is 0 Å². The molecule has 49 heavy (non-hydrogen) atoms. The van der Waals surface area contributed by atoms with E-state index >= 15 is 0 Å².